The van der Waals surface area contributed by atoms with Gasteiger partial charge in [-0.05, 0) is 35.7 Å². The number of benzene rings is 1. The maximum absolute atomic E-state index is 12.2. The van der Waals surface area contributed by atoms with Gasteiger partial charge in [-0.2, -0.15) is 0 Å². The largest absolute Gasteiger partial charge is 0.497 e. The topological polar surface area (TPSA) is 90.9 Å². The summed E-state index contributed by atoms with van der Waals surface area (Å²) in [5.74, 6) is 0.622. The normalized spacial score (nSPS) is 11.1. The first-order valence-corrected chi connectivity index (χ1v) is 9.26. The van der Waals surface area contributed by atoms with Crippen LogP contribution in [0.1, 0.15) is 9.67 Å². The lowest BCUT2D eigenvalue weighted by Crippen LogP contribution is -2.29. The highest BCUT2D eigenvalue weighted by Gasteiger charge is 2.24. The van der Waals surface area contributed by atoms with Crippen molar-refractivity contribution in [2.45, 2.75) is 4.90 Å². The van der Waals surface area contributed by atoms with Crippen LogP contribution >= 0.6 is 11.3 Å². The fraction of sp³-hybridized carbons (Fsp3) is 0.267. The number of esters is 1. The first-order valence-electron chi connectivity index (χ1n) is 6.90. The third kappa shape index (κ3) is 4.47. The molecule has 9 heteroatoms. The van der Waals surface area contributed by atoms with Crippen LogP contribution in [0, 0.1) is 0 Å². The second-order valence-corrected chi connectivity index (χ2v) is 7.18. The van der Waals surface area contributed by atoms with Crippen molar-refractivity contribution in [2.24, 2.45) is 0 Å². The number of nitrogens with one attached hydrogen (secondary N) is 1. The molecule has 1 aromatic carbocycles. The number of hydrogen-bond donors (Lipinski definition) is 1. The van der Waals surface area contributed by atoms with Gasteiger partial charge >= 0.3 is 5.97 Å². The van der Waals surface area contributed by atoms with Gasteiger partial charge in [0, 0.05) is 6.54 Å². The number of thiophene rings is 1. The van der Waals surface area contributed by atoms with Gasteiger partial charge < -0.3 is 14.2 Å². The zero-order chi connectivity index (χ0) is 17.6. The Labute approximate surface area is 144 Å². The number of ether oxygens (including phenoxy) is 3. The number of rotatable bonds is 8. The Bertz CT molecular complexity index is 783. The summed E-state index contributed by atoms with van der Waals surface area (Å²) in [6.45, 7) is 0.202. The fourth-order valence-corrected chi connectivity index (χ4v) is 4.19. The Morgan fingerprint density at radius 1 is 1.12 bits per heavy atom. The zero-order valence-electron chi connectivity index (χ0n) is 13.1. The lowest BCUT2D eigenvalue weighted by Gasteiger charge is -2.09. The van der Waals surface area contributed by atoms with Crippen molar-refractivity contribution in [3.8, 4) is 11.5 Å². The van der Waals surface area contributed by atoms with E-state index in [1.807, 2.05) is 0 Å². The number of sulfonamides is 1. The van der Waals surface area contributed by atoms with Gasteiger partial charge in [0.15, 0.2) is 0 Å². The molecule has 2 rings (SSSR count). The molecule has 2 aromatic rings. The van der Waals surface area contributed by atoms with Crippen molar-refractivity contribution < 1.29 is 27.4 Å². The summed E-state index contributed by atoms with van der Waals surface area (Å²) in [6, 6.07) is 8.30. The molecule has 0 saturated carbocycles. The standard InChI is InChI=1S/C15H17NO6S2/c1-20-11-3-5-12(6-4-11)22-9-8-16-24(18,19)13-7-10-23-14(13)15(17)21-2/h3-7,10,16H,8-9H2,1-2H3. The SMILES string of the molecule is COC(=O)c1sccc1S(=O)(=O)NCCOc1ccc(OC)cc1. The molecule has 24 heavy (non-hydrogen) atoms. The molecule has 0 atom stereocenters. The smallest absolute Gasteiger partial charge is 0.349 e. The monoisotopic (exact) mass is 371 g/mol. The second kappa shape index (κ2) is 8.13. The Balaban J connectivity index is 1.91. The average molecular weight is 371 g/mol. The van der Waals surface area contributed by atoms with Crippen LogP contribution in [0.2, 0.25) is 0 Å². The van der Waals surface area contributed by atoms with Crippen LogP contribution in [0.15, 0.2) is 40.6 Å². The predicted molar refractivity (Wildman–Crippen MR) is 89.3 cm³/mol. The van der Waals surface area contributed by atoms with E-state index in [9.17, 15) is 13.2 Å². The molecule has 0 aliphatic carbocycles. The van der Waals surface area contributed by atoms with Crippen molar-refractivity contribution in [1.29, 1.82) is 0 Å². The first kappa shape index (κ1) is 18.2. The minimum Gasteiger partial charge on any atom is -0.497 e. The first-order chi connectivity index (χ1) is 11.5. The molecular formula is C15H17NO6S2. The van der Waals surface area contributed by atoms with Crippen molar-refractivity contribution in [1.82, 2.24) is 4.72 Å². The minimum absolute atomic E-state index is 0.0427. The average Bonchev–Trinajstić information content (AvgIpc) is 3.09. The van der Waals surface area contributed by atoms with Crippen LogP contribution in [0.4, 0.5) is 0 Å². The second-order valence-electron chi connectivity index (χ2n) is 4.53. The van der Waals surface area contributed by atoms with Gasteiger partial charge in [-0.25, -0.2) is 17.9 Å². The molecule has 0 aliphatic heterocycles. The summed E-state index contributed by atoms with van der Waals surface area (Å²) in [5.41, 5.74) is 0. The van der Waals surface area contributed by atoms with E-state index in [2.05, 4.69) is 9.46 Å². The van der Waals surface area contributed by atoms with E-state index < -0.39 is 16.0 Å². The van der Waals surface area contributed by atoms with Crippen molar-refractivity contribution in [2.75, 3.05) is 27.4 Å². The maximum atomic E-state index is 12.2. The summed E-state index contributed by atoms with van der Waals surface area (Å²) in [5, 5.41) is 1.52. The molecule has 0 saturated heterocycles. The molecule has 7 nitrogen and oxygen atoms in total. The molecule has 0 unspecified atom stereocenters. The van der Waals surface area contributed by atoms with Gasteiger partial charge in [-0.3, -0.25) is 0 Å². The van der Waals surface area contributed by atoms with Gasteiger partial charge in [0.2, 0.25) is 10.0 Å². The highest BCUT2D eigenvalue weighted by atomic mass is 32.2. The van der Waals surface area contributed by atoms with E-state index in [1.54, 1.807) is 31.4 Å². The van der Waals surface area contributed by atoms with E-state index in [-0.39, 0.29) is 22.9 Å². The molecule has 0 aliphatic rings. The molecular weight excluding hydrogens is 354 g/mol. The summed E-state index contributed by atoms with van der Waals surface area (Å²) in [7, 11) is -1.04. The number of hydrogen-bond acceptors (Lipinski definition) is 7. The zero-order valence-corrected chi connectivity index (χ0v) is 14.8. The van der Waals surface area contributed by atoms with E-state index >= 15 is 0 Å². The number of carbonyl (C=O) groups excluding carboxylic acids is 1. The van der Waals surface area contributed by atoms with Gasteiger partial charge in [0.1, 0.15) is 27.9 Å². The summed E-state index contributed by atoms with van der Waals surface area (Å²) in [4.78, 5) is 11.5. The van der Waals surface area contributed by atoms with Crippen molar-refractivity contribution in [3.05, 3.63) is 40.6 Å². The summed E-state index contributed by atoms with van der Waals surface area (Å²) >= 11 is 1.01. The van der Waals surface area contributed by atoms with Crippen molar-refractivity contribution >= 4 is 27.3 Å². The Kier molecular flexibility index (Phi) is 6.18. The highest BCUT2D eigenvalue weighted by molar-refractivity contribution is 7.89. The lowest BCUT2D eigenvalue weighted by molar-refractivity contribution is 0.0602. The van der Waals surface area contributed by atoms with Crippen LogP contribution in [0.3, 0.4) is 0 Å². The quantitative estimate of drug-likeness (QED) is 0.563. The van der Waals surface area contributed by atoms with E-state index in [4.69, 9.17) is 9.47 Å². The fourth-order valence-electron chi connectivity index (χ4n) is 1.85. The predicted octanol–water partition coefficient (Wildman–Crippen LogP) is 1.90. The molecule has 130 valence electrons. The Hall–Kier alpha value is -2.10. The van der Waals surface area contributed by atoms with Crippen LogP contribution in [-0.2, 0) is 14.8 Å². The van der Waals surface area contributed by atoms with Crippen LogP contribution in [0.5, 0.6) is 11.5 Å². The highest BCUT2D eigenvalue weighted by Crippen LogP contribution is 2.22. The number of methoxy groups -OCH3 is 2. The van der Waals surface area contributed by atoms with Gasteiger partial charge in [-0.1, -0.05) is 0 Å². The van der Waals surface area contributed by atoms with E-state index in [0.29, 0.717) is 11.5 Å². The van der Waals surface area contributed by atoms with Crippen LogP contribution < -0.4 is 14.2 Å². The molecule has 0 fully saturated rings. The Morgan fingerprint density at radius 3 is 2.42 bits per heavy atom. The van der Waals surface area contributed by atoms with Crippen LogP contribution in [0.25, 0.3) is 0 Å². The summed E-state index contributed by atoms with van der Waals surface area (Å²) in [6.07, 6.45) is 0. The molecule has 0 bridgehead atoms. The summed E-state index contributed by atoms with van der Waals surface area (Å²) < 4.78 is 41.9. The third-order valence-corrected chi connectivity index (χ3v) is 5.54. The van der Waals surface area contributed by atoms with E-state index in [0.717, 1.165) is 11.3 Å². The molecule has 1 heterocycles. The van der Waals surface area contributed by atoms with Gasteiger partial charge in [0.05, 0.1) is 14.2 Å². The maximum Gasteiger partial charge on any atom is 0.349 e. The van der Waals surface area contributed by atoms with Crippen LogP contribution in [-0.4, -0.2) is 41.8 Å². The van der Waals surface area contributed by atoms with E-state index in [1.165, 1.54) is 18.6 Å². The lowest BCUT2D eigenvalue weighted by atomic mass is 10.3. The Morgan fingerprint density at radius 2 is 1.79 bits per heavy atom. The van der Waals surface area contributed by atoms with Gasteiger partial charge in [-0.15, -0.1) is 11.3 Å². The number of carbonyl (C=O) groups is 1. The molecule has 1 N–H and O–H groups in total. The molecule has 1 aromatic heterocycles. The molecule has 0 spiro atoms. The molecule has 0 amide bonds. The molecule has 0 radical (unpaired) electrons. The van der Waals surface area contributed by atoms with Gasteiger partial charge in [0.25, 0.3) is 0 Å². The third-order valence-electron chi connectivity index (χ3n) is 3.01. The minimum atomic E-state index is -3.81. The van der Waals surface area contributed by atoms with Crippen molar-refractivity contribution in [3.63, 3.8) is 0 Å².